The molecule has 2 nitrogen and oxygen atoms in total. The van der Waals surface area contributed by atoms with Crippen LogP contribution in [0.3, 0.4) is 0 Å². The van der Waals surface area contributed by atoms with Crippen molar-refractivity contribution in [2.24, 2.45) is 0 Å². The summed E-state index contributed by atoms with van der Waals surface area (Å²) in [7, 11) is 0. The van der Waals surface area contributed by atoms with Gasteiger partial charge in [0.05, 0.1) is 5.69 Å². The Hall–Kier alpha value is -1.09. The largest absolute Gasteiger partial charge is 0.368 e. The van der Waals surface area contributed by atoms with Crippen LogP contribution in [0, 0.1) is 12.7 Å². The number of aryl methyl sites for hydroxylation is 1. The van der Waals surface area contributed by atoms with E-state index in [0.717, 1.165) is 43.9 Å². The molecule has 1 fully saturated rings. The lowest BCUT2D eigenvalue weighted by atomic mass is 10.2. The van der Waals surface area contributed by atoms with Gasteiger partial charge >= 0.3 is 0 Å². The van der Waals surface area contributed by atoms with Gasteiger partial charge in [-0.3, -0.25) is 4.90 Å². The molecule has 1 unspecified atom stereocenters. The second kappa shape index (κ2) is 5.70. The molecule has 0 saturated carbocycles. The number of nitrogens with zero attached hydrogens (tertiary/aromatic N) is 2. The second-order valence-electron chi connectivity index (χ2n) is 5.06. The first-order valence-electron chi connectivity index (χ1n) is 6.90. The molecule has 1 aromatic carbocycles. The minimum absolute atomic E-state index is 0.0878. The van der Waals surface area contributed by atoms with Crippen LogP contribution in [0.4, 0.5) is 10.1 Å². The van der Waals surface area contributed by atoms with E-state index in [2.05, 4.69) is 23.6 Å². The van der Waals surface area contributed by atoms with Crippen molar-refractivity contribution < 1.29 is 4.39 Å². The molecule has 1 atom stereocenters. The summed E-state index contributed by atoms with van der Waals surface area (Å²) in [5, 5.41) is 0. The van der Waals surface area contributed by atoms with Crippen LogP contribution in [0.15, 0.2) is 18.2 Å². The Morgan fingerprint density at radius 1 is 1.33 bits per heavy atom. The molecule has 0 spiro atoms. The number of hydrogen-bond donors (Lipinski definition) is 0. The quantitative estimate of drug-likeness (QED) is 0.810. The summed E-state index contributed by atoms with van der Waals surface area (Å²) in [6, 6.07) is 6.10. The van der Waals surface area contributed by atoms with Crippen LogP contribution in [0.25, 0.3) is 0 Å². The Kier molecular flexibility index (Phi) is 4.23. The van der Waals surface area contributed by atoms with Gasteiger partial charge in [-0.25, -0.2) is 4.39 Å². The van der Waals surface area contributed by atoms with Gasteiger partial charge in [0.2, 0.25) is 0 Å². The Bertz CT molecular complexity index is 401. The van der Waals surface area contributed by atoms with Crippen molar-refractivity contribution in [3.8, 4) is 0 Å². The van der Waals surface area contributed by atoms with Gasteiger partial charge in [-0.05, 0) is 44.1 Å². The molecule has 18 heavy (non-hydrogen) atoms. The molecule has 1 aliphatic rings. The summed E-state index contributed by atoms with van der Waals surface area (Å²) in [6.07, 6.45) is 1.13. The number of hydrogen-bond acceptors (Lipinski definition) is 2. The first kappa shape index (κ1) is 13.3. The highest BCUT2D eigenvalue weighted by Crippen LogP contribution is 2.26. The highest BCUT2D eigenvalue weighted by Gasteiger charge is 2.27. The van der Waals surface area contributed by atoms with Gasteiger partial charge in [-0.1, -0.05) is 19.9 Å². The van der Waals surface area contributed by atoms with E-state index < -0.39 is 0 Å². The van der Waals surface area contributed by atoms with E-state index in [-0.39, 0.29) is 5.82 Å². The zero-order chi connectivity index (χ0) is 13.1. The van der Waals surface area contributed by atoms with E-state index in [0.29, 0.717) is 6.04 Å². The Morgan fingerprint density at radius 3 is 2.67 bits per heavy atom. The molecule has 0 amide bonds. The lowest BCUT2D eigenvalue weighted by Crippen LogP contribution is -2.37. The van der Waals surface area contributed by atoms with Gasteiger partial charge in [0.15, 0.2) is 0 Å². The third-order valence-electron chi connectivity index (χ3n) is 3.94. The molecular formula is C15H23FN2. The molecule has 0 N–H and O–H groups in total. The van der Waals surface area contributed by atoms with E-state index in [4.69, 9.17) is 0 Å². The summed E-state index contributed by atoms with van der Waals surface area (Å²) in [6.45, 7) is 10.4. The normalized spacial score (nSPS) is 19.8. The Morgan fingerprint density at radius 2 is 2.06 bits per heavy atom. The maximum absolute atomic E-state index is 13.9. The van der Waals surface area contributed by atoms with E-state index in [9.17, 15) is 4.39 Å². The van der Waals surface area contributed by atoms with E-state index in [1.165, 1.54) is 0 Å². The highest BCUT2D eigenvalue weighted by atomic mass is 19.1. The monoisotopic (exact) mass is 250 g/mol. The summed E-state index contributed by atoms with van der Waals surface area (Å²) >= 11 is 0. The third-order valence-corrected chi connectivity index (χ3v) is 3.94. The maximum Gasteiger partial charge on any atom is 0.146 e. The van der Waals surface area contributed by atoms with Crippen molar-refractivity contribution in [3.63, 3.8) is 0 Å². The predicted molar refractivity (Wildman–Crippen MR) is 74.7 cm³/mol. The molecule has 3 heteroatoms. The van der Waals surface area contributed by atoms with Crippen molar-refractivity contribution in [2.75, 3.05) is 31.1 Å². The smallest absolute Gasteiger partial charge is 0.146 e. The van der Waals surface area contributed by atoms with Gasteiger partial charge in [0, 0.05) is 19.1 Å². The average Bonchev–Trinajstić information content (AvgIpc) is 2.80. The van der Waals surface area contributed by atoms with Crippen molar-refractivity contribution in [1.82, 2.24) is 4.90 Å². The molecule has 100 valence electrons. The van der Waals surface area contributed by atoms with Crippen LogP contribution >= 0.6 is 0 Å². The summed E-state index contributed by atoms with van der Waals surface area (Å²) in [4.78, 5) is 4.64. The van der Waals surface area contributed by atoms with Gasteiger partial charge < -0.3 is 4.90 Å². The Balaban J connectivity index is 2.08. The molecule has 1 saturated heterocycles. The Labute approximate surface area is 109 Å². The van der Waals surface area contributed by atoms with Crippen molar-refractivity contribution in [2.45, 2.75) is 33.2 Å². The number of halogens is 1. The first-order chi connectivity index (χ1) is 8.65. The van der Waals surface area contributed by atoms with Crippen LogP contribution in [0.1, 0.15) is 25.8 Å². The third kappa shape index (κ3) is 2.66. The van der Waals surface area contributed by atoms with Crippen LogP contribution in [-0.4, -0.2) is 37.1 Å². The molecule has 1 aromatic rings. The molecule has 0 bridgehead atoms. The molecule has 1 heterocycles. The van der Waals surface area contributed by atoms with E-state index in [1.807, 2.05) is 19.1 Å². The van der Waals surface area contributed by atoms with Crippen LogP contribution in [0.2, 0.25) is 0 Å². The number of benzene rings is 1. The first-order valence-corrected chi connectivity index (χ1v) is 6.90. The molecule has 0 aromatic heterocycles. The molecular weight excluding hydrogens is 227 g/mol. The molecule has 0 radical (unpaired) electrons. The molecule has 0 aliphatic carbocycles. The number of anilines is 1. The van der Waals surface area contributed by atoms with Crippen molar-refractivity contribution in [3.05, 3.63) is 29.6 Å². The fraction of sp³-hybridized carbons (Fsp3) is 0.600. The van der Waals surface area contributed by atoms with Crippen molar-refractivity contribution >= 4 is 5.69 Å². The highest BCUT2D eigenvalue weighted by molar-refractivity contribution is 5.50. The average molecular weight is 250 g/mol. The lowest BCUT2D eigenvalue weighted by molar-refractivity contribution is 0.232. The number of likely N-dealkylation sites (N-methyl/N-ethyl adjacent to an activating group) is 1. The fourth-order valence-corrected chi connectivity index (χ4v) is 2.87. The van der Waals surface area contributed by atoms with Crippen LogP contribution in [-0.2, 0) is 0 Å². The van der Waals surface area contributed by atoms with Crippen molar-refractivity contribution in [1.29, 1.82) is 0 Å². The summed E-state index contributed by atoms with van der Waals surface area (Å²) < 4.78 is 13.9. The van der Waals surface area contributed by atoms with E-state index in [1.54, 1.807) is 6.07 Å². The second-order valence-corrected chi connectivity index (χ2v) is 5.06. The molecule has 1 aliphatic heterocycles. The zero-order valence-corrected chi connectivity index (χ0v) is 11.6. The SMILES string of the molecule is CCN(CC)C1CCN(c2ccc(C)cc2F)C1. The minimum atomic E-state index is -0.0878. The van der Waals surface area contributed by atoms with Gasteiger partial charge in [-0.15, -0.1) is 0 Å². The van der Waals surface area contributed by atoms with Gasteiger partial charge in [0.25, 0.3) is 0 Å². The van der Waals surface area contributed by atoms with Crippen LogP contribution in [0.5, 0.6) is 0 Å². The topological polar surface area (TPSA) is 6.48 Å². The van der Waals surface area contributed by atoms with Gasteiger partial charge in [-0.2, -0.15) is 0 Å². The summed E-state index contributed by atoms with van der Waals surface area (Å²) in [5.41, 5.74) is 1.74. The standard InChI is InChI=1S/C15H23FN2/c1-4-17(5-2)13-8-9-18(11-13)15-7-6-12(3)10-14(15)16/h6-7,10,13H,4-5,8-9,11H2,1-3H3. The fourth-order valence-electron chi connectivity index (χ4n) is 2.87. The van der Waals surface area contributed by atoms with Gasteiger partial charge in [0.1, 0.15) is 5.82 Å². The zero-order valence-electron chi connectivity index (χ0n) is 11.6. The number of rotatable bonds is 4. The maximum atomic E-state index is 13.9. The molecule has 2 rings (SSSR count). The minimum Gasteiger partial charge on any atom is -0.368 e. The predicted octanol–water partition coefficient (Wildman–Crippen LogP) is 3.05. The summed E-state index contributed by atoms with van der Waals surface area (Å²) in [5.74, 6) is -0.0878. The lowest BCUT2D eigenvalue weighted by Gasteiger charge is -2.26. The van der Waals surface area contributed by atoms with Crippen LogP contribution < -0.4 is 4.90 Å². The van der Waals surface area contributed by atoms with E-state index >= 15 is 0 Å².